The van der Waals surface area contributed by atoms with Gasteiger partial charge in [0.1, 0.15) is 5.69 Å². The number of amides is 1. The third-order valence-corrected chi connectivity index (χ3v) is 2.80. The molecule has 1 heterocycles. The fourth-order valence-corrected chi connectivity index (χ4v) is 1.68. The van der Waals surface area contributed by atoms with Crippen LogP contribution in [0, 0.1) is 12.8 Å². The van der Waals surface area contributed by atoms with Crippen LogP contribution >= 0.6 is 0 Å². The van der Waals surface area contributed by atoms with E-state index in [1.54, 1.807) is 17.8 Å². The Balaban J connectivity index is 2.33. The van der Waals surface area contributed by atoms with Gasteiger partial charge in [0.05, 0.1) is 5.69 Å². The molecule has 1 aromatic heterocycles. The van der Waals surface area contributed by atoms with Gasteiger partial charge in [-0.15, -0.1) is 0 Å². The SMILES string of the molecule is Cc1cc(C(=O)NCCCC(C)CN)n(C)n1. The van der Waals surface area contributed by atoms with Crippen LogP contribution in [-0.4, -0.2) is 28.8 Å². The molecule has 5 nitrogen and oxygen atoms in total. The van der Waals surface area contributed by atoms with Crippen molar-refractivity contribution in [3.05, 3.63) is 17.5 Å². The zero-order valence-electron chi connectivity index (χ0n) is 10.9. The first-order chi connectivity index (χ1) is 8.04. The van der Waals surface area contributed by atoms with Crippen LogP contribution in [0.5, 0.6) is 0 Å². The van der Waals surface area contributed by atoms with E-state index in [-0.39, 0.29) is 5.91 Å². The van der Waals surface area contributed by atoms with Crippen LogP contribution < -0.4 is 11.1 Å². The lowest BCUT2D eigenvalue weighted by molar-refractivity contribution is 0.0943. The zero-order chi connectivity index (χ0) is 12.8. The van der Waals surface area contributed by atoms with E-state index in [1.165, 1.54) is 0 Å². The largest absolute Gasteiger partial charge is 0.351 e. The normalized spacial score (nSPS) is 12.5. The summed E-state index contributed by atoms with van der Waals surface area (Å²) < 4.78 is 1.60. The van der Waals surface area contributed by atoms with Gasteiger partial charge in [0, 0.05) is 13.6 Å². The maximum absolute atomic E-state index is 11.8. The van der Waals surface area contributed by atoms with E-state index in [9.17, 15) is 4.79 Å². The van der Waals surface area contributed by atoms with E-state index in [2.05, 4.69) is 17.3 Å². The minimum Gasteiger partial charge on any atom is -0.351 e. The summed E-state index contributed by atoms with van der Waals surface area (Å²) >= 11 is 0. The van der Waals surface area contributed by atoms with E-state index in [4.69, 9.17) is 5.73 Å². The standard InChI is InChI=1S/C12H22N4O/c1-9(8-13)5-4-6-14-12(17)11-7-10(2)15-16(11)3/h7,9H,4-6,8,13H2,1-3H3,(H,14,17). The molecule has 0 aliphatic heterocycles. The summed E-state index contributed by atoms with van der Waals surface area (Å²) in [5.74, 6) is 0.458. The number of nitrogens with one attached hydrogen (secondary N) is 1. The van der Waals surface area contributed by atoms with Crippen LogP contribution in [0.15, 0.2) is 6.07 Å². The molecule has 96 valence electrons. The Labute approximate surface area is 102 Å². The number of nitrogens with zero attached hydrogens (tertiary/aromatic N) is 2. The molecule has 0 aliphatic carbocycles. The number of rotatable bonds is 6. The van der Waals surface area contributed by atoms with Gasteiger partial charge in [-0.1, -0.05) is 6.92 Å². The highest BCUT2D eigenvalue weighted by Gasteiger charge is 2.10. The fraction of sp³-hybridized carbons (Fsp3) is 0.667. The average molecular weight is 238 g/mol. The van der Waals surface area contributed by atoms with Gasteiger partial charge in [-0.05, 0) is 38.3 Å². The highest BCUT2D eigenvalue weighted by molar-refractivity contribution is 5.92. The van der Waals surface area contributed by atoms with E-state index < -0.39 is 0 Å². The summed E-state index contributed by atoms with van der Waals surface area (Å²) in [5.41, 5.74) is 6.99. The van der Waals surface area contributed by atoms with Crippen LogP contribution in [0.25, 0.3) is 0 Å². The van der Waals surface area contributed by atoms with Gasteiger partial charge < -0.3 is 11.1 Å². The predicted molar refractivity (Wildman–Crippen MR) is 67.7 cm³/mol. The van der Waals surface area contributed by atoms with Crippen molar-refractivity contribution in [2.24, 2.45) is 18.7 Å². The molecular weight excluding hydrogens is 216 g/mol. The van der Waals surface area contributed by atoms with Crippen molar-refractivity contribution in [2.75, 3.05) is 13.1 Å². The molecule has 0 spiro atoms. The molecule has 1 amide bonds. The van der Waals surface area contributed by atoms with Gasteiger partial charge >= 0.3 is 0 Å². The Bertz CT molecular complexity index is 373. The van der Waals surface area contributed by atoms with Crippen molar-refractivity contribution >= 4 is 5.91 Å². The summed E-state index contributed by atoms with van der Waals surface area (Å²) in [6, 6.07) is 1.79. The van der Waals surface area contributed by atoms with E-state index in [0.29, 0.717) is 24.7 Å². The summed E-state index contributed by atoms with van der Waals surface area (Å²) in [7, 11) is 1.78. The summed E-state index contributed by atoms with van der Waals surface area (Å²) in [6.07, 6.45) is 2.00. The molecule has 0 aromatic carbocycles. The zero-order valence-corrected chi connectivity index (χ0v) is 10.9. The molecule has 3 N–H and O–H groups in total. The van der Waals surface area contributed by atoms with Crippen LogP contribution in [0.3, 0.4) is 0 Å². The van der Waals surface area contributed by atoms with Gasteiger partial charge in [-0.25, -0.2) is 0 Å². The van der Waals surface area contributed by atoms with Crippen molar-refractivity contribution < 1.29 is 4.79 Å². The number of carbonyl (C=O) groups excluding carboxylic acids is 1. The molecule has 1 unspecified atom stereocenters. The Kier molecular flexibility index (Phi) is 5.15. The Hall–Kier alpha value is -1.36. The lowest BCUT2D eigenvalue weighted by Crippen LogP contribution is -2.27. The second-order valence-electron chi connectivity index (χ2n) is 4.53. The molecule has 5 heteroatoms. The number of aryl methyl sites for hydroxylation is 2. The Morgan fingerprint density at radius 2 is 2.35 bits per heavy atom. The third kappa shape index (κ3) is 4.19. The van der Waals surface area contributed by atoms with Crippen molar-refractivity contribution in [3.8, 4) is 0 Å². The van der Waals surface area contributed by atoms with Crippen LogP contribution in [0.2, 0.25) is 0 Å². The average Bonchev–Trinajstić information content (AvgIpc) is 2.63. The van der Waals surface area contributed by atoms with E-state index in [0.717, 1.165) is 18.5 Å². The van der Waals surface area contributed by atoms with Gasteiger partial charge in [0.25, 0.3) is 5.91 Å². The predicted octanol–water partition coefficient (Wildman–Crippen LogP) is 0.833. The van der Waals surface area contributed by atoms with E-state index >= 15 is 0 Å². The summed E-state index contributed by atoms with van der Waals surface area (Å²) in [4.78, 5) is 11.8. The molecule has 0 saturated carbocycles. The number of nitrogens with two attached hydrogens (primary N) is 1. The minimum absolute atomic E-state index is 0.0616. The monoisotopic (exact) mass is 238 g/mol. The Morgan fingerprint density at radius 3 is 2.88 bits per heavy atom. The molecular formula is C12H22N4O. The highest BCUT2D eigenvalue weighted by atomic mass is 16.2. The molecule has 0 fully saturated rings. The van der Waals surface area contributed by atoms with Gasteiger partial charge in [0.15, 0.2) is 0 Å². The van der Waals surface area contributed by atoms with Crippen molar-refractivity contribution in [1.29, 1.82) is 0 Å². The van der Waals surface area contributed by atoms with Gasteiger partial charge in [0.2, 0.25) is 0 Å². The van der Waals surface area contributed by atoms with Gasteiger partial charge in [-0.2, -0.15) is 5.10 Å². The first kappa shape index (κ1) is 13.7. The van der Waals surface area contributed by atoms with Crippen LogP contribution in [0.4, 0.5) is 0 Å². The number of aromatic nitrogens is 2. The maximum Gasteiger partial charge on any atom is 0.269 e. The van der Waals surface area contributed by atoms with Crippen LogP contribution in [-0.2, 0) is 7.05 Å². The fourth-order valence-electron chi connectivity index (χ4n) is 1.68. The highest BCUT2D eigenvalue weighted by Crippen LogP contribution is 2.03. The van der Waals surface area contributed by atoms with Crippen molar-refractivity contribution in [3.63, 3.8) is 0 Å². The number of hydrogen-bond acceptors (Lipinski definition) is 3. The molecule has 0 radical (unpaired) electrons. The Morgan fingerprint density at radius 1 is 1.65 bits per heavy atom. The molecule has 17 heavy (non-hydrogen) atoms. The molecule has 0 aliphatic rings. The van der Waals surface area contributed by atoms with Gasteiger partial charge in [-0.3, -0.25) is 9.48 Å². The van der Waals surface area contributed by atoms with Crippen molar-refractivity contribution in [1.82, 2.24) is 15.1 Å². The lowest BCUT2D eigenvalue weighted by Gasteiger charge is -2.08. The summed E-state index contributed by atoms with van der Waals surface area (Å²) in [6.45, 7) is 5.38. The second-order valence-corrected chi connectivity index (χ2v) is 4.53. The molecule has 1 aromatic rings. The maximum atomic E-state index is 11.8. The molecule has 0 saturated heterocycles. The lowest BCUT2D eigenvalue weighted by atomic mass is 10.1. The minimum atomic E-state index is -0.0616. The quantitative estimate of drug-likeness (QED) is 0.721. The third-order valence-electron chi connectivity index (χ3n) is 2.80. The first-order valence-electron chi connectivity index (χ1n) is 6.03. The first-order valence-corrected chi connectivity index (χ1v) is 6.03. The van der Waals surface area contributed by atoms with E-state index in [1.807, 2.05) is 6.92 Å². The molecule has 1 rings (SSSR count). The molecule has 0 bridgehead atoms. The second kappa shape index (κ2) is 6.39. The number of hydrogen-bond donors (Lipinski definition) is 2. The smallest absolute Gasteiger partial charge is 0.269 e. The van der Waals surface area contributed by atoms with Crippen LogP contribution in [0.1, 0.15) is 35.9 Å². The molecule has 1 atom stereocenters. The topological polar surface area (TPSA) is 72.9 Å². The van der Waals surface area contributed by atoms with Crippen molar-refractivity contribution in [2.45, 2.75) is 26.7 Å². The summed E-state index contributed by atoms with van der Waals surface area (Å²) in [5, 5.41) is 7.03. The number of carbonyl (C=O) groups is 1.